The summed E-state index contributed by atoms with van der Waals surface area (Å²) in [7, 11) is -0.415. The highest BCUT2D eigenvalue weighted by Crippen LogP contribution is 2.28. The van der Waals surface area contributed by atoms with Crippen molar-refractivity contribution in [2.24, 2.45) is 0 Å². The second kappa shape index (κ2) is 8.88. The SMILES string of the molecule is COc1ccc(/C=C/C(=O)N2CCC(S(=O)(=O)c3ccc(Cl)cc3)C2)cc1OC. The average Bonchev–Trinajstić information content (AvgIpc) is 3.23. The lowest BCUT2D eigenvalue weighted by Gasteiger charge is -2.15. The van der Waals surface area contributed by atoms with E-state index >= 15 is 0 Å². The van der Waals surface area contributed by atoms with E-state index in [2.05, 4.69) is 0 Å². The van der Waals surface area contributed by atoms with E-state index in [4.69, 9.17) is 21.1 Å². The molecular formula is C21H22ClNO5S. The van der Waals surface area contributed by atoms with Gasteiger partial charge in [0.1, 0.15) is 0 Å². The van der Waals surface area contributed by atoms with Crippen LogP contribution in [-0.2, 0) is 14.6 Å². The number of sulfone groups is 1. The number of rotatable bonds is 6. The first-order chi connectivity index (χ1) is 13.8. The normalized spacial score (nSPS) is 16.9. The third-order valence-electron chi connectivity index (χ3n) is 4.86. The topological polar surface area (TPSA) is 72.9 Å². The van der Waals surface area contributed by atoms with Crippen molar-refractivity contribution in [2.45, 2.75) is 16.6 Å². The Bertz CT molecular complexity index is 1020. The highest BCUT2D eigenvalue weighted by molar-refractivity contribution is 7.92. The predicted molar refractivity (Wildman–Crippen MR) is 112 cm³/mol. The molecule has 0 aliphatic carbocycles. The molecule has 2 aromatic carbocycles. The third-order valence-corrected chi connectivity index (χ3v) is 7.31. The first-order valence-corrected chi connectivity index (χ1v) is 11.0. The fourth-order valence-electron chi connectivity index (χ4n) is 3.23. The molecule has 1 fully saturated rings. The second-order valence-corrected chi connectivity index (χ2v) is 9.31. The molecule has 2 aromatic rings. The van der Waals surface area contributed by atoms with E-state index < -0.39 is 15.1 Å². The van der Waals surface area contributed by atoms with Crippen molar-refractivity contribution < 1.29 is 22.7 Å². The van der Waals surface area contributed by atoms with E-state index in [0.717, 1.165) is 5.56 Å². The van der Waals surface area contributed by atoms with Gasteiger partial charge in [0.05, 0.1) is 24.4 Å². The van der Waals surface area contributed by atoms with Crippen LogP contribution >= 0.6 is 11.6 Å². The lowest BCUT2D eigenvalue weighted by atomic mass is 10.2. The fourth-order valence-corrected chi connectivity index (χ4v) is 5.05. The summed E-state index contributed by atoms with van der Waals surface area (Å²) in [5, 5.41) is -0.144. The lowest BCUT2D eigenvalue weighted by molar-refractivity contribution is -0.124. The number of carbonyl (C=O) groups excluding carboxylic acids is 1. The van der Waals surface area contributed by atoms with Gasteiger partial charge >= 0.3 is 0 Å². The van der Waals surface area contributed by atoms with Gasteiger partial charge in [0.25, 0.3) is 0 Å². The number of amides is 1. The van der Waals surface area contributed by atoms with Crippen molar-refractivity contribution in [3.05, 3.63) is 59.1 Å². The maximum Gasteiger partial charge on any atom is 0.246 e. The van der Waals surface area contributed by atoms with E-state index in [-0.39, 0.29) is 17.3 Å². The van der Waals surface area contributed by atoms with Crippen LogP contribution < -0.4 is 9.47 Å². The molecule has 3 rings (SSSR count). The maximum atomic E-state index is 12.8. The first-order valence-electron chi connectivity index (χ1n) is 9.03. The van der Waals surface area contributed by atoms with Crippen LogP contribution in [0.4, 0.5) is 0 Å². The van der Waals surface area contributed by atoms with Crippen molar-refractivity contribution in [2.75, 3.05) is 27.3 Å². The summed E-state index contributed by atoms with van der Waals surface area (Å²) in [6.07, 6.45) is 3.52. The van der Waals surface area contributed by atoms with E-state index in [1.807, 2.05) is 6.07 Å². The van der Waals surface area contributed by atoms with E-state index in [0.29, 0.717) is 29.5 Å². The smallest absolute Gasteiger partial charge is 0.246 e. The highest BCUT2D eigenvalue weighted by atomic mass is 35.5. The predicted octanol–water partition coefficient (Wildman–Crippen LogP) is 3.45. The second-order valence-electron chi connectivity index (χ2n) is 6.64. The zero-order valence-electron chi connectivity index (χ0n) is 16.2. The van der Waals surface area contributed by atoms with Crippen molar-refractivity contribution >= 4 is 33.4 Å². The fraction of sp³-hybridized carbons (Fsp3) is 0.286. The van der Waals surface area contributed by atoms with Gasteiger partial charge in [-0.3, -0.25) is 4.79 Å². The molecule has 29 heavy (non-hydrogen) atoms. The molecule has 1 aliphatic heterocycles. The summed E-state index contributed by atoms with van der Waals surface area (Å²) in [4.78, 5) is 14.3. The molecule has 0 aromatic heterocycles. The minimum Gasteiger partial charge on any atom is -0.493 e. The number of methoxy groups -OCH3 is 2. The van der Waals surface area contributed by atoms with Crippen LogP contribution in [0.3, 0.4) is 0 Å². The molecule has 0 spiro atoms. The van der Waals surface area contributed by atoms with Gasteiger partial charge in [0, 0.05) is 24.2 Å². The first kappa shape index (κ1) is 21.2. The number of carbonyl (C=O) groups is 1. The molecule has 0 radical (unpaired) electrons. The molecule has 1 heterocycles. The number of likely N-dealkylation sites (tertiary alicyclic amines) is 1. The van der Waals surface area contributed by atoms with Crippen molar-refractivity contribution in [1.29, 1.82) is 0 Å². The van der Waals surface area contributed by atoms with Crippen LogP contribution in [-0.4, -0.2) is 51.8 Å². The molecule has 1 atom stereocenters. The molecule has 1 unspecified atom stereocenters. The molecule has 1 amide bonds. The average molecular weight is 436 g/mol. The third kappa shape index (κ3) is 4.74. The summed E-state index contributed by atoms with van der Waals surface area (Å²) in [5.41, 5.74) is 0.778. The number of nitrogens with zero attached hydrogens (tertiary/aromatic N) is 1. The summed E-state index contributed by atoms with van der Waals surface area (Å²) < 4.78 is 36.1. The number of hydrogen-bond donors (Lipinski definition) is 0. The Labute approximate surface area is 175 Å². The van der Waals surface area contributed by atoms with Crippen LogP contribution in [0.25, 0.3) is 6.08 Å². The molecule has 8 heteroatoms. The molecule has 0 bridgehead atoms. The number of ether oxygens (including phenoxy) is 2. The van der Waals surface area contributed by atoms with Crippen LogP contribution in [0.15, 0.2) is 53.4 Å². The summed E-state index contributed by atoms with van der Waals surface area (Å²) in [5.74, 6) is 0.941. The number of benzene rings is 2. The van der Waals surface area contributed by atoms with E-state index in [1.165, 1.54) is 18.2 Å². The van der Waals surface area contributed by atoms with Crippen molar-refractivity contribution in [1.82, 2.24) is 4.90 Å². The summed E-state index contributed by atoms with van der Waals surface area (Å²) >= 11 is 5.84. The summed E-state index contributed by atoms with van der Waals surface area (Å²) in [6, 6.07) is 11.4. The lowest BCUT2D eigenvalue weighted by Crippen LogP contribution is -2.30. The quantitative estimate of drug-likeness (QED) is 0.650. The molecule has 1 aliphatic rings. The number of hydrogen-bond acceptors (Lipinski definition) is 5. The van der Waals surface area contributed by atoms with E-state index in [9.17, 15) is 13.2 Å². The molecule has 154 valence electrons. The summed E-state index contributed by atoms with van der Waals surface area (Å²) in [6.45, 7) is 0.562. The van der Waals surface area contributed by atoms with Gasteiger partial charge in [-0.1, -0.05) is 17.7 Å². The Morgan fingerprint density at radius 1 is 1.10 bits per heavy atom. The van der Waals surface area contributed by atoms with Crippen molar-refractivity contribution in [3.8, 4) is 11.5 Å². The number of halogens is 1. The van der Waals surface area contributed by atoms with Gasteiger partial charge in [-0.15, -0.1) is 0 Å². The highest BCUT2D eigenvalue weighted by Gasteiger charge is 2.35. The van der Waals surface area contributed by atoms with Gasteiger partial charge in [-0.25, -0.2) is 8.42 Å². The standard InChI is InChI=1S/C21H22ClNO5S/c1-27-19-9-3-15(13-20(19)28-2)4-10-21(24)23-12-11-18(14-23)29(25,26)17-7-5-16(22)6-8-17/h3-10,13,18H,11-12,14H2,1-2H3/b10-4+. The zero-order chi connectivity index (χ0) is 21.0. The van der Waals surface area contributed by atoms with Gasteiger partial charge in [0.15, 0.2) is 21.3 Å². The van der Waals surface area contributed by atoms with Gasteiger partial charge in [0.2, 0.25) is 5.91 Å². The van der Waals surface area contributed by atoms with Crippen molar-refractivity contribution in [3.63, 3.8) is 0 Å². The Morgan fingerprint density at radius 2 is 1.79 bits per heavy atom. The Morgan fingerprint density at radius 3 is 2.45 bits per heavy atom. The molecule has 0 saturated carbocycles. The van der Waals surface area contributed by atoms with Crippen LogP contribution in [0, 0.1) is 0 Å². The van der Waals surface area contributed by atoms with Crippen LogP contribution in [0.1, 0.15) is 12.0 Å². The Kier molecular flexibility index (Phi) is 6.49. The van der Waals surface area contributed by atoms with Crippen LogP contribution in [0.5, 0.6) is 11.5 Å². The minimum atomic E-state index is -3.51. The zero-order valence-corrected chi connectivity index (χ0v) is 17.7. The van der Waals surface area contributed by atoms with Gasteiger partial charge in [-0.2, -0.15) is 0 Å². The van der Waals surface area contributed by atoms with Gasteiger partial charge in [-0.05, 0) is 54.5 Å². The maximum absolute atomic E-state index is 12.8. The minimum absolute atomic E-state index is 0.167. The van der Waals surface area contributed by atoms with Crippen LogP contribution in [0.2, 0.25) is 5.02 Å². The Hall–Kier alpha value is -2.51. The monoisotopic (exact) mass is 435 g/mol. The largest absolute Gasteiger partial charge is 0.493 e. The molecule has 0 N–H and O–H groups in total. The van der Waals surface area contributed by atoms with Gasteiger partial charge < -0.3 is 14.4 Å². The molecule has 1 saturated heterocycles. The molecular weight excluding hydrogens is 414 g/mol. The Balaban J connectivity index is 1.67. The van der Waals surface area contributed by atoms with E-state index in [1.54, 1.807) is 49.5 Å². The molecule has 6 nitrogen and oxygen atoms in total.